The van der Waals surface area contributed by atoms with Crippen molar-refractivity contribution >= 4 is 39.0 Å². The number of carbonyl (C=O) groups is 1. The summed E-state index contributed by atoms with van der Waals surface area (Å²) >= 11 is 6.13. The first-order valence-corrected chi connectivity index (χ1v) is 10.9. The van der Waals surface area contributed by atoms with Crippen molar-refractivity contribution < 1.29 is 22.9 Å². The number of hydrogen-bond donors (Lipinski definition) is 2. The molecule has 0 aliphatic rings. The zero-order valence-electron chi connectivity index (χ0n) is 16.4. The minimum Gasteiger partial charge on any atom is -0.484 e. The summed E-state index contributed by atoms with van der Waals surface area (Å²) in [7, 11) is -3.75. The average Bonchev–Trinajstić information content (AvgIpc) is 2.71. The molecule has 1 heterocycles. The Labute approximate surface area is 180 Å². The van der Waals surface area contributed by atoms with Crippen LogP contribution in [0.2, 0.25) is 5.02 Å². The van der Waals surface area contributed by atoms with E-state index in [1.807, 2.05) is 13.8 Å². The molecule has 0 saturated carbocycles. The molecule has 0 atom stereocenters. The van der Waals surface area contributed by atoms with Crippen LogP contribution < -0.4 is 19.8 Å². The van der Waals surface area contributed by atoms with Crippen molar-refractivity contribution in [3.05, 3.63) is 76.9 Å². The molecule has 0 bridgehead atoms. The van der Waals surface area contributed by atoms with Crippen molar-refractivity contribution in [1.29, 1.82) is 0 Å². The van der Waals surface area contributed by atoms with Crippen molar-refractivity contribution in [2.45, 2.75) is 18.7 Å². The van der Waals surface area contributed by atoms with Crippen molar-refractivity contribution in [1.82, 2.24) is 0 Å². The Morgan fingerprint density at radius 1 is 1.07 bits per heavy atom. The number of ether oxygens (including phenoxy) is 1. The van der Waals surface area contributed by atoms with Gasteiger partial charge in [0, 0.05) is 16.8 Å². The normalized spacial score (nSPS) is 11.0. The summed E-state index contributed by atoms with van der Waals surface area (Å²) in [5, 5.41) is 3.34. The Hall–Kier alpha value is -3.10. The van der Waals surface area contributed by atoms with E-state index in [0.717, 1.165) is 11.1 Å². The maximum absolute atomic E-state index is 12.4. The number of rotatable bonds is 7. The Kier molecular flexibility index (Phi) is 6.59. The lowest BCUT2D eigenvalue weighted by Gasteiger charge is -2.10. The lowest BCUT2D eigenvalue weighted by Crippen LogP contribution is -2.21. The maximum atomic E-state index is 12.4. The third-order valence-corrected chi connectivity index (χ3v) is 6.16. The van der Waals surface area contributed by atoms with Gasteiger partial charge in [-0.25, -0.2) is 4.98 Å². The van der Waals surface area contributed by atoms with Crippen LogP contribution in [0.1, 0.15) is 11.1 Å². The standard InChI is InChI=1S/C21H20ClN3O4S/c1-14-11-17(12-15(2)21(14)22)29-13-20(26)24-16-6-8-18(9-7-16)30(27,28)25-19-5-3-4-10-23-19/h3-12H,13H2,1-2H3,(H,23,25)(H,24,26)/p+1. The van der Waals surface area contributed by atoms with Gasteiger partial charge in [-0.2, -0.15) is 13.1 Å². The molecule has 7 nitrogen and oxygen atoms in total. The van der Waals surface area contributed by atoms with Gasteiger partial charge in [0.2, 0.25) is 0 Å². The Morgan fingerprint density at radius 2 is 1.73 bits per heavy atom. The second kappa shape index (κ2) is 9.15. The second-order valence-corrected chi connectivity index (χ2v) is 8.67. The van der Waals surface area contributed by atoms with E-state index in [9.17, 15) is 13.2 Å². The number of anilines is 2. The third kappa shape index (κ3) is 5.49. The fourth-order valence-corrected chi connectivity index (χ4v) is 3.85. The molecular formula is C21H21ClN3O4S+. The van der Waals surface area contributed by atoms with E-state index in [-0.39, 0.29) is 17.4 Å². The van der Waals surface area contributed by atoms with E-state index in [4.69, 9.17) is 16.3 Å². The summed E-state index contributed by atoms with van der Waals surface area (Å²) in [6.45, 7) is 3.54. The molecule has 3 rings (SSSR count). The molecule has 3 N–H and O–H groups in total. The summed E-state index contributed by atoms with van der Waals surface area (Å²) < 4.78 is 32.8. The molecule has 2 aromatic carbocycles. The number of carbonyl (C=O) groups excluding carboxylic acids is 1. The van der Waals surface area contributed by atoms with Gasteiger partial charge < -0.3 is 10.1 Å². The summed E-state index contributed by atoms with van der Waals surface area (Å²) in [6.07, 6.45) is 1.62. The van der Waals surface area contributed by atoms with Crippen molar-refractivity contribution in [2.24, 2.45) is 0 Å². The number of benzene rings is 2. The van der Waals surface area contributed by atoms with Crippen molar-refractivity contribution in [3.8, 4) is 5.75 Å². The molecule has 1 aromatic heterocycles. The number of sulfonamides is 1. The van der Waals surface area contributed by atoms with Crippen LogP contribution >= 0.6 is 11.6 Å². The fourth-order valence-electron chi connectivity index (χ4n) is 2.71. The predicted octanol–water partition coefficient (Wildman–Crippen LogP) is 3.59. The van der Waals surface area contributed by atoms with Crippen molar-refractivity contribution in [2.75, 3.05) is 16.6 Å². The average molecular weight is 447 g/mol. The van der Waals surface area contributed by atoms with E-state index < -0.39 is 10.0 Å². The van der Waals surface area contributed by atoms with Gasteiger partial charge in [-0.3, -0.25) is 4.79 Å². The van der Waals surface area contributed by atoms with Crippen molar-refractivity contribution in [3.63, 3.8) is 0 Å². The van der Waals surface area contributed by atoms with Crippen LogP contribution in [0, 0.1) is 13.8 Å². The first kappa shape index (κ1) is 21.6. The highest BCUT2D eigenvalue weighted by atomic mass is 35.5. The Bertz CT molecular complexity index is 1130. The number of aromatic amines is 1. The number of H-pyrrole nitrogens is 1. The molecule has 0 saturated heterocycles. The molecule has 1 amide bonds. The van der Waals surface area contributed by atoms with E-state index in [1.54, 1.807) is 36.5 Å². The molecule has 9 heteroatoms. The maximum Gasteiger partial charge on any atom is 0.328 e. The Balaban J connectivity index is 1.59. The first-order chi connectivity index (χ1) is 14.2. The van der Waals surface area contributed by atoms with Crippen LogP contribution in [0.25, 0.3) is 0 Å². The number of halogens is 1. The topological polar surface area (TPSA) is 98.6 Å². The summed E-state index contributed by atoms with van der Waals surface area (Å²) in [5.74, 6) is 0.530. The summed E-state index contributed by atoms with van der Waals surface area (Å²) in [4.78, 5) is 15.0. The molecule has 0 aliphatic carbocycles. The smallest absolute Gasteiger partial charge is 0.328 e. The number of pyridine rings is 1. The number of amides is 1. The van der Waals surface area contributed by atoms with E-state index in [0.29, 0.717) is 22.3 Å². The van der Waals surface area contributed by atoms with Crippen LogP contribution in [0.15, 0.2) is 65.7 Å². The van der Waals surface area contributed by atoms with E-state index in [2.05, 4.69) is 15.0 Å². The van der Waals surface area contributed by atoms with Gasteiger partial charge in [0.1, 0.15) is 10.6 Å². The van der Waals surface area contributed by atoms with E-state index >= 15 is 0 Å². The van der Waals surface area contributed by atoms with Gasteiger partial charge in [0.15, 0.2) is 6.61 Å². The highest BCUT2D eigenvalue weighted by Gasteiger charge is 2.20. The highest BCUT2D eigenvalue weighted by molar-refractivity contribution is 7.92. The monoisotopic (exact) mass is 446 g/mol. The van der Waals surface area contributed by atoms with Crippen LogP contribution in [0.5, 0.6) is 5.75 Å². The number of hydrogen-bond acceptors (Lipinski definition) is 4. The molecule has 30 heavy (non-hydrogen) atoms. The lowest BCUT2D eigenvalue weighted by atomic mass is 10.1. The molecule has 0 fully saturated rings. The minimum atomic E-state index is -3.75. The van der Waals surface area contributed by atoms with Crippen LogP contribution in [0.3, 0.4) is 0 Å². The van der Waals surface area contributed by atoms with Crippen LogP contribution in [0.4, 0.5) is 11.5 Å². The van der Waals surface area contributed by atoms with Gasteiger partial charge >= 0.3 is 10.0 Å². The van der Waals surface area contributed by atoms with Gasteiger partial charge in [-0.05, 0) is 67.4 Å². The number of aromatic nitrogens is 1. The molecular weight excluding hydrogens is 426 g/mol. The molecule has 3 aromatic rings. The largest absolute Gasteiger partial charge is 0.484 e. The highest BCUT2D eigenvalue weighted by Crippen LogP contribution is 2.25. The second-order valence-electron chi connectivity index (χ2n) is 6.61. The third-order valence-electron chi connectivity index (χ3n) is 4.18. The van der Waals surface area contributed by atoms with E-state index in [1.165, 1.54) is 24.3 Å². The quantitative estimate of drug-likeness (QED) is 0.579. The summed E-state index contributed by atoms with van der Waals surface area (Å²) in [6, 6.07) is 14.4. The molecule has 0 spiro atoms. The number of aryl methyl sites for hydroxylation is 2. The van der Waals surface area contributed by atoms with Gasteiger partial charge in [-0.15, -0.1) is 0 Å². The molecule has 156 valence electrons. The minimum absolute atomic E-state index is 0.0705. The summed E-state index contributed by atoms with van der Waals surface area (Å²) in [5.41, 5.74) is 2.19. The Morgan fingerprint density at radius 3 is 2.33 bits per heavy atom. The van der Waals surface area contributed by atoms with Gasteiger partial charge in [0.05, 0.1) is 6.20 Å². The van der Waals surface area contributed by atoms with Gasteiger partial charge in [0.25, 0.3) is 11.7 Å². The van der Waals surface area contributed by atoms with Crippen LogP contribution in [-0.2, 0) is 14.8 Å². The predicted molar refractivity (Wildman–Crippen MR) is 115 cm³/mol. The molecule has 0 unspecified atom stereocenters. The molecule has 0 radical (unpaired) electrons. The molecule has 0 aliphatic heterocycles. The van der Waals surface area contributed by atoms with Crippen LogP contribution in [-0.4, -0.2) is 20.9 Å². The fraction of sp³-hybridized carbons (Fsp3) is 0.143. The lowest BCUT2D eigenvalue weighted by molar-refractivity contribution is -0.360. The SMILES string of the molecule is Cc1cc(OCC(=O)Nc2ccc(S(=O)(=O)Nc3cccc[nH+]3)cc2)cc(C)c1Cl. The zero-order chi connectivity index (χ0) is 21.7. The zero-order valence-corrected chi connectivity index (χ0v) is 18.0. The number of nitrogens with one attached hydrogen (secondary N) is 3. The van der Waals surface area contributed by atoms with Gasteiger partial charge in [-0.1, -0.05) is 17.7 Å². The first-order valence-electron chi connectivity index (χ1n) is 9.03.